The summed E-state index contributed by atoms with van der Waals surface area (Å²) in [5, 5.41) is 5.78. The minimum absolute atomic E-state index is 0.0956. The second-order valence-corrected chi connectivity index (χ2v) is 12.6. The zero-order valence-corrected chi connectivity index (χ0v) is 25.8. The van der Waals surface area contributed by atoms with Gasteiger partial charge in [-0.1, -0.05) is 48.5 Å². The minimum atomic E-state index is -0.572. The van der Waals surface area contributed by atoms with Gasteiger partial charge in [-0.2, -0.15) is 0 Å². The predicted octanol–water partition coefficient (Wildman–Crippen LogP) is 6.26. The number of H-pyrrole nitrogens is 2. The van der Waals surface area contributed by atoms with Crippen LogP contribution in [0.4, 0.5) is 4.79 Å². The van der Waals surface area contributed by atoms with Crippen molar-refractivity contribution in [2.24, 2.45) is 0 Å². The molecule has 7 rings (SSSR count). The van der Waals surface area contributed by atoms with E-state index in [9.17, 15) is 4.79 Å². The van der Waals surface area contributed by atoms with E-state index in [0.29, 0.717) is 32.2 Å². The van der Waals surface area contributed by atoms with E-state index in [4.69, 9.17) is 14.2 Å². The van der Waals surface area contributed by atoms with Gasteiger partial charge in [-0.05, 0) is 60.4 Å². The average Bonchev–Trinajstić information content (AvgIpc) is 3.75. The van der Waals surface area contributed by atoms with Crippen molar-refractivity contribution in [2.75, 3.05) is 39.5 Å². The number of hydrogen-bond donors (Lipinski definition) is 3. The Morgan fingerprint density at radius 1 is 0.800 bits per heavy atom. The number of carbonyl (C=O) groups is 1. The fraction of sp³-hybridized carbons (Fsp3) is 0.343. The van der Waals surface area contributed by atoms with E-state index in [1.807, 2.05) is 33.2 Å². The van der Waals surface area contributed by atoms with Crippen LogP contribution in [0, 0.1) is 0 Å². The lowest BCUT2D eigenvalue weighted by atomic mass is 9.98. The van der Waals surface area contributed by atoms with Gasteiger partial charge in [-0.3, -0.25) is 4.90 Å². The van der Waals surface area contributed by atoms with E-state index >= 15 is 0 Å². The lowest BCUT2D eigenvalue weighted by molar-refractivity contribution is -0.0349. The Bertz CT molecular complexity index is 1800. The third-order valence-corrected chi connectivity index (χ3v) is 8.20. The van der Waals surface area contributed by atoms with Gasteiger partial charge in [0, 0.05) is 18.7 Å². The molecule has 10 nitrogen and oxygen atoms in total. The molecule has 2 aliphatic rings. The van der Waals surface area contributed by atoms with Crippen LogP contribution in [0.3, 0.4) is 0 Å². The Kier molecular flexibility index (Phi) is 7.87. The highest BCUT2D eigenvalue weighted by Gasteiger charge is 2.33. The molecule has 1 amide bonds. The number of fused-ring (bicyclic) bond motifs is 1. The van der Waals surface area contributed by atoms with E-state index in [1.54, 1.807) is 4.90 Å². The van der Waals surface area contributed by atoms with Crippen LogP contribution in [0.2, 0.25) is 0 Å². The normalized spacial score (nSPS) is 19.1. The summed E-state index contributed by atoms with van der Waals surface area (Å²) in [5.74, 6) is 1.58. The summed E-state index contributed by atoms with van der Waals surface area (Å²) in [6, 6.07) is 21.2. The molecule has 0 saturated carbocycles. The van der Waals surface area contributed by atoms with E-state index in [1.165, 1.54) is 10.8 Å². The van der Waals surface area contributed by atoms with Crippen molar-refractivity contribution in [1.82, 2.24) is 30.2 Å². The molecule has 3 N–H and O–H groups in total. The number of aromatic nitrogens is 4. The summed E-state index contributed by atoms with van der Waals surface area (Å²) in [4.78, 5) is 30.6. The monoisotopic (exact) mass is 606 g/mol. The van der Waals surface area contributed by atoms with Crippen molar-refractivity contribution in [3.05, 3.63) is 84.7 Å². The zero-order valence-electron chi connectivity index (χ0n) is 25.8. The average molecular weight is 607 g/mol. The largest absolute Gasteiger partial charge is 0.444 e. The summed E-state index contributed by atoms with van der Waals surface area (Å²) in [6.45, 7) is 9.09. The van der Waals surface area contributed by atoms with Crippen molar-refractivity contribution < 1.29 is 19.0 Å². The molecular formula is C35H38N6O4. The van der Waals surface area contributed by atoms with Crippen LogP contribution < -0.4 is 5.32 Å². The first-order valence-electron chi connectivity index (χ1n) is 15.4. The van der Waals surface area contributed by atoms with Crippen LogP contribution in [-0.2, 0) is 14.2 Å². The lowest BCUT2D eigenvalue weighted by Crippen LogP contribution is -2.46. The predicted molar refractivity (Wildman–Crippen MR) is 173 cm³/mol. The highest BCUT2D eigenvalue weighted by Crippen LogP contribution is 2.31. The Morgan fingerprint density at radius 2 is 1.42 bits per heavy atom. The molecule has 3 aromatic carbocycles. The van der Waals surface area contributed by atoms with Crippen LogP contribution >= 0.6 is 0 Å². The maximum Gasteiger partial charge on any atom is 0.411 e. The summed E-state index contributed by atoms with van der Waals surface area (Å²) in [7, 11) is 0. The van der Waals surface area contributed by atoms with Gasteiger partial charge in [0.2, 0.25) is 0 Å². The van der Waals surface area contributed by atoms with Gasteiger partial charge in [0.1, 0.15) is 23.3 Å². The van der Waals surface area contributed by atoms with Gasteiger partial charge in [0.25, 0.3) is 0 Å². The number of nitrogens with one attached hydrogen (secondary N) is 3. The molecule has 10 heteroatoms. The summed E-state index contributed by atoms with van der Waals surface area (Å²) in [5.41, 5.74) is 5.69. The van der Waals surface area contributed by atoms with Crippen molar-refractivity contribution in [3.63, 3.8) is 0 Å². The topological polar surface area (TPSA) is 117 Å². The summed E-state index contributed by atoms with van der Waals surface area (Å²) in [6.07, 6.45) is 3.34. The number of carbonyl (C=O) groups excluding carboxylic acids is 1. The molecule has 2 fully saturated rings. The third kappa shape index (κ3) is 6.35. The maximum absolute atomic E-state index is 12.9. The maximum atomic E-state index is 12.9. The van der Waals surface area contributed by atoms with E-state index in [-0.39, 0.29) is 18.2 Å². The molecule has 0 aliphatic carbocycles. The lowest BCUT2D eigenvalue weighted by Gasteiger charge is -2.35. The molecule has 0 bridgehead atoms. The van der Waals surface area contributed by atoms with Crippen molar-refractivity contribution in [2.45, 2.75) is 38.5 Å². The standard InChI is InChI=1S/C35H38N6O4/c1-35(2,3)45-34(42)41-13-15-44-21-31(41)33-38-18-28(40-33)23-6-4-22(5-7-23)24-8-9-26-17-27(11-10-25(26)16-24)29-19-37-32(39-29)30-20-43-14-12-36-30/h4-11,16-19,30-31,36H,12-15,20-21H2,1-3H3,(H,37,39)(H,38,40)/t30-,31-/m0/s1. The van der Waals surface area contributed by atoms with Crippen LogP contribution in [0.25, 0.3) is 44.4 Å². The van der Waals surface area contributed by atoms with Crippen molar-refractivity contribution in [1.29, 1.82) is 0 Å². The minimum Gasteiger partial charge on any atom is -0.444 e. The number of benzene rings is 3. The molecule has 5 aromatic rings. The second-order valence-electron chi connectivity index (χ2n) is 12.6. The van der Waals surface area contributed by atoms with Gasteiger partial charge < -0.3 is 29.5 Å². The first-order valence-corrected chi connectivity index (χ1v) is 15.4. The molecule has 0 radical (unpaired) electrons. The van der Waals surface area contributed by atoms with Crippen molar-refractivity contribution >= 4 is 16.9 Å². The van der Waals surface area contributed by atoms with Crippen LogP contribution in [-0.4, -0.2) is 76.0 Å². The Morgan fingerprint density at radius 3 is 2.16 bits per heavy atom. The Labute approximate surface area is 262 Å². The van der Waals surface area contributed by atoms with E-state index in [2.05, 4.69) is 85.9 Å². The molecule has 4 heterocycles. The highest BCUT2D eigenvalue weighted by atomic mass is 16.6. The molecule has 2 atom stereocenters. The molecule has 2 saturated heterocycles. The number of ether oxygens (including phenoxy) is 3. The van der Waals surface area contributed by atoms with Crippen LogP contribution in [0.1, 0.15) is 44.5 Å². The van der Waals surface area contributed by atoms with Crippen LogP contribution in [0.15, 0.2) is 73.1 Å². The highest BCUT2D eigenvalue weighted by molar-refractivity contribution is 5.90. The number of hydrogen-bond acceptors (Lipinski definition) is 7. The molecule has 45 heavy (non-hydrogen) atoms. The third-order valence-electron chi connectivity index (χ3n) is 8.20. The SMILES string of the molecule is CC(C)(C)OC(=O)N1CCOC[C@H]1c1ncc(-c2ccc(-c3ccc4cc(-c5cnc([C@@H]6COCCN6)[nH]5)ccc4c3)cc2)[nH]1. The summed E-state index contributed by atoms with van der Waals surface area (Å²) < 4.78 is 16.9. The Balaban J connectivity index is 1.06. The molecule has 2 aromatic heterocycles. The molecule has 2 aliphatic heterocycles. The fourth-order valence-electron chi connectivity index (χ4n) is 5.86. The van der Waals surface area contributed by atoms with Gasteiger partial charge in [0.05, 0.1) is 56.3 Å². The number of imidazole rings is 2. The van der Waals surface area contributed by atoms with Gasteiger partial charge in [-0.15, -0.1) is 0 Å². The first kappa shape index (κ1) is 29.2. The van der Waals surface area contributed by atoms with Crippen molar-refractivity contribution in [3.8, 4) is 33.6 Å². The molecule has 232 valence electrons. The van der Waals surface area contributed by atoms with E-state index < -0.39 is 5.60 Å². The molecular weight excluding hydrogens is 568 g/mol. The van der Waals surface area contributed by atoms with E-state index in [0.717, 1.165) is 52.6 Å². The fourth-order valence-corrected chi connectivity index (χ4v) is 5.86. The Hall–Kier alpha value is -4.51. The number of aromatic amines is 2. The second kappa shape index (κ2) is 12.1. The number of rotatable bonds is 5. The number of nitrogens with zero attached hydrogens (tertiary/aromatic N) is 3. The molecule has 0 spiro atoms. The van der Waals surface area contributed by atoms with Gasteiger partial charge in [-0.25, -0.2) is 14.8 Å². The van der Waals surface area contributed by atoms with Gasteiger partial charge >= 0.3 is 6.09 Å². The summed E-state index contributed by atoms with van der Waals surface area (Å²) >= 11 is 0. The zero-order chi connectivity index (χ0) is 31.0. The van der Waals surface area contributed by atoms with Gasteiger partial charge in [0.15, 0.2) is 0 Å². The van der Waals surface area contributed by atoms with Crippen LogP contribution in [0.5, 0.6) is 0 Å². The quantitative estimate of drug-likeness (QED) is 0.216. The number of morpholine rings is 2. The molecule has 0 unspecified atom stereocenters. The first-order chi connectivity index (χ1) is 21.8. The smallest absolute Gasteiger partial charge is 0.411 e. The number of amides is 1.